The van der Waals surface area contributed by atoms with Gasteiger partial charge in [0.25, 0.3) is 0 Å². The summed E-state index contributed by atoms with van der Waals surface area (Å²) in [7, 11) is 3.03. The zero-order valence-corrected chi connectivity index (χ0v) is 61.7. The van der Waals surface area contributed by atoms with Gasteiger partial charge in [0.2, 0.25) is 0 Å². The SMILES string of the molecule is CCCCCCCCCCCCc1cc2c3cc(CCCCCCCCCCCC)cc4c5cc(CCCCCCCCCCCC)cc6c7cc(C(=O)OC)cc8c9cc(C(=O)OC)cc%10c%11cc(CCCCCCCCCCCC)cc%12c(c1)c2c1c(c34)c(c56)c(c78)c(c%109)c1c%12%11. The molecule has 4 nitrogen and oxygen atoms in total. The van der Waals surface area contributed by atoms with E-state index in [-0.39, 0.29) is 11.9 Å². The van der Waals surface area contributed by atoms with Crippen LogP contribution in [0.25, 0.3) is 129 Å². The molecule has 0 fully saturated rings. The minimum absolute atomic E-state index is 0.343. The smallest absolute Gasteiger partial charge is 0.337 e. The van der Waals surface area contributed by atoms with Crippen molar-refractivity contribution in [3.8, 4) is 0 Å². The maximum Gasteiger partial charge on any atom is 0.337 e. The monoisotopic (exact) mass is 1310 g/mol. The van der Waals surface area contributed by atoms with Crippen molar-refractivity contribution < 1.29 is 19.1 Å². The number of fused-ring (bicyclic) bond motifs is 6. The summed E-state index contributed by atoms with van der Waals surface area (Å²) in [6.45, 7) is 9.26. The third-order valence-electron chi connectivity index (χ3n) is 23.9. The number of carbonyl (C=O) groups is 2. The first-order valence-corrected chi connectivity index (χ1v) is 40.8. The van der Waals surface area contributed by atoms with E-state index in [0.29, 0.717) is 11.1 Å². The normalized spacial score (nSPS) is 12.6. The molecule has 518 valence electrons. The molecule has 0 radical (unpaired) electrons. The average Bonchev–Trinajstić information content (AvgIpc) is 0.644. The Bertz CT molecular complexity index is 4410. The summed E-state index contributed by atoms with van der Waals surface area (Å²) >= 11 is 0. The minimum atomic E-state index is -0.343. The Kier molecular flexibility index (Phi) is 23.8. The largest absolute Gasteiger partial charge is 0.465 e. The second-order valence-corrected chi connectivity index (χ2v) is 31.1. The number of unbranched alkanes of at least 4 members (excludes halogenated alkanes) is 36. The number of benzene rings is 13. The van der Waals surface area contributed by atoms with Gasteiger partial charge in [0.05, 0.1) is 25.3 Å². The fourth-order valence-corrected chi connectivity index (χ4v) is 18.8. The summed E-state index contributed by atoms with van der Waals surface area (Å²) in [5, 5.41) is 31.1. The Hall–Kier alpha value is -6.52. The highest BCUT2D eigenvalue weighted by Crippen LogP contribution is 2.61. The molecule has 98 heavy (non-hydrogen) atoms. The Morgan fingerprint density at radius 3 is 0.500 bits per heavy atom. The Morgan fingerprint density at radius 2 is 0.347 bits per heavy atom. The van der Waals surface area contributed by atoms with E-state index in [9.17, 15) is 9.59 Å². The van der Waals surface area contributed by atoms with Crippen molar-refractivity contribution >= 4 is 141 Å². The highest BCUT2D eigenvalue weighted by atomic mass is 16.5. The number of methoxy groups -OCH3 is 2. The molecular weight excluding hydrogens is 1190 g/mol. The first kappa shape index (κ1) is 69.9. The summed E-state index contributed by atoms with van der Waals surface area (Å²) < 4.78 is 11.4. The lowest BCUT2D eigenvalue weighted by atomic mass is 9.72. The zero-order chi connectivity index (χ0) is 67.5. The van der Waals surface area contributed by atoms with Crippen LogP contribution >= 0.6 is 0 Å². The van der Waals surface area contributed by atoms with Crippen LogP contribution in [0.5, 0.6) is 0 Å². The van der Waals surface area contributed by atoms with Gasteiger partial charge in [-0.25, -0.2) is 9.59 Å². The molecule has 0 heterocycles. The molecular formula is C94H118O4. The molecule has 0 aromatic heterocycles. The van der Waals surface area contributed by atoms with E-state index in [1.807, 2.05) is 0 Å². The molecule has 0 saturated carbocycles. The van der Waals surface area contributed by atoms with E-state index in [0.717, 1.165) is 60.1 Å². The molecule has 0 atom stereocenters. The molecule has 0 aliphatic heterocycles. The predicted molar refractivity (Wildman–Crippen MR) is 429 cm³/mol. The van der Waals surface area contributed by atoms with Crippen LogP contribution < -0.4 is 0 Å². The summed E-state index contributed by atoms with van der Waals surface area (Å²) in [5.41, 5.74) is 6.78. The number of rotatable bonds is 46. The predicted octanol–water partition coefficient (Wildman–Crippen LogP) is 29.6. The highest BCUT2D eigenvalue weighted by molar-refractivity contribution is 6.61. The first-order valence-electron chi connectivity index (χ1n) is 40.8. The van der Waals surface area contributed by atoms with Crippen LogP contribution in [0.15, 0.2) is 72.8 Å². The Morgan fingerprint density at radius 1 is 0.204 bits per heavy atom. The molecule has 13 aromatic rings. The van der Waals surface area contributed by atoms with Gasteiger partial charge in [0, 0.05) is 0 Å². The van der Waals surface area contributed by atoms with Crippen LogP contribution in [0, 0.1) is 0 Å². The molecule has 0 aliphatic rings. The van der Waals surface area contributed by atoms with Gasteiger partial charge in [0.15, 0.2) is 0 Å². The van der Waals surface area contributed by atoms with Crippen molar-refractivity contribution in [1.29, 1.82) is 0 Å². The molecule has 0 spiro atoms. The second kappa shape index (κ2) is 33.3. The number of hydrogen-bond donors (Lipinski definition) is 0. The first-order chi connectivity index (χ1) is 48.3. The molecule has 0 bridgehead atoms. The number of hydrogen-bond acceptors (Lipinski definition) is 4. The fourth-order valence-electron chi connectivity index (χ4n) is 18.8. The second-order valence-electron chi connectivity index (χ2n) is 31.1. The van der Waals surface area contributed by atoms with Crippen LogP contribution in [0.3, 0.4) is 0 Å². The van der Waals surface area contributed by atoms with Crippen molar-refractivity contribution in [2.24, 2.45) is 0 Å². The summed E-state index contributed by atoms with van der Waals surface area (Å²) in [6.07, 6.45) is 56.9. The minimum Gasteiger partial charge on any atom is -0.465 e. The van der Waals surface area contributed by atoms with Crippen LogP contribution in [-0.2, 0) is 35.2 Å². The fraction of sp³-hybridized carbons (Fsp3) is 0.532. The lowest BCUT2D eigenvalue weighted by molar-refractivity contribution is 0.0592. The lowest BCUT2D eigenvalue weighted by Crippen LogP contribution is -2.06. The molecule has 0 aliphatic carbocycles. The number of ether oxygens (including phenoxy) is 2. The van der Waals surface area contributed by atoms with Crippen LogP contribution in [0.1, 0.15) is 327 Å². The standard InChI is InChI=1S/C94H118O4/c1-7-11-15-19-23-27-31-35-39-43-47-63-51-69-70-52-64(48-44-40-36-32-28-24-20-16-12-8-2)54-72-74-56-66(50-46-42-38-34-30-26-22-18-14-10-4)58-76-78-60-68(94(96)98-6)62-80-79-61-67(93(95)97-5)59-77-75-57-65(49-45-41-37-33-29-25-21-17-13-9-3)55-73-71(53-63)81(69)87-88(82(70)72)90(84(74)76)92(86(78)80)91(85(77)79)89(87)83(73)75/h51-62H,7-50H2,1-6H3. The highest BCUT2D eigenvalue weighted by Gasteiger charge is 2.33. The van der Waals surface area contributed by atoms with Gasteiger partial charge in [0.1, 0.15) is 0 Å². The van der Waals surface area contributed by atoms with Crippen LogP contribution in [0.2, 0.25) is 0 Å². The Balaban J connectivity index is 1.05. The maximum atomic E-state index is 14.4. The number of aryl methyl sites for hydroxylation is 4. The lowest BCUT2D eigenvalue weighted by Gasteiger charge is -2.30. The topological polar surface area (TPSA) is 52.6 Å². The van der Waals surface area contributed by atoms with Gasteiger partial charge in [-0.3, -0.25) is 0 Å². The third-order valence-corrected chi connectivity index (χ3v) is 23.9. The van der Waals surface area contributed by atoms with E-state index in [1.54, 1.807) is 0 Å². The van der Waals surface area contributed by atoms with Gasteiger partial charge in [-0.05, 0) is 227 Å². The van der Waals surface area contributed by atoms with Gasteiger partial charge in [-0.15, -0.1) is 0 Å². The average molecular weight is 1310 g/mol. The third kappa shape index (κ3) is 14.3. The van der Waals surface area contributed by atoms with E-state index in [4.69, 9.17) is 9.47 Å². The van der Waals surface area contributed by atoms with E-state index in [2.05, 4.69) is 100 Å². The maximum absolute atomic E-state index is 14.4. The molecule has 4 heteroatoms. The molecule has 13 rings (SSSR count). The van der Waals surface area contributed by atoms with Crippen molar-refractivity contribution in [3.63, 3.8) is 0 Å². The molecule has 0 saturated heterocycles. The van der Waals surface area contributed by atoms with E-state index >= 15 is 0 Å². The van der Waals surface area contributed by atoms with Crippen LogP contribution in [-0.4, -0.2) is 26.2 Å². The summed E-state index contributed by atoms with van der Waals surface area (Å²) in [5.74, 6) is -0.686. The van der Waals surface area contributed by atoms with E-state index in [1.165, 1.54) is 388 Å². The van der Waals surface area contributed by atoms with Crippen molar-refractivity contribution in [2.45, 2.75) is 310 Å². The van der Waals surface area contributed by atoms with Gasteiger partial charge < -0.3 is 9.47 Å². The molecule has 0 N–H and O–H groups in total. The molecule has 13 aromatic carbocycles. The summed E-state index contributed by atoms with van der Waals surface area (Å²) in [4.78, 5) is 28.9. The van der Waals surface area contributed by atoms with Gasteiger partial charge >= 0.3 is 11.9 Å². The van der Waals surface area contributed by atoms with E-state index < -0.39 is 0 Å². The van der Waals surface area contributed by atoms with Crippen molar-refractivity contribution in [2.75, 3.05) is 14.2 Å². The Labute approximate surface area is 587 Å². The quantitative estimate of drug-likeness (QED) is 0.0165. The number of carbonyl (C=O) groups excluding carboxylic acids is 2. The number of esters is 2. The van der Waals surface area contributed by atoms with Crippen molar-refractivity contribution in [3.05, 3.63) is 106 Å². The van der Waals surface area contributed by atoms with Gasteiger partial charge in [-0.2, -0.15) is 0 Å². The molecule has 0 amide bonds. The van der Waals surface area contributed by atoms with Crippen LogP contribution in [0.4, 0.5) is 0 Å². The van der Waals surface area contributed by atoms with Crippen molar-refractivity contribution in [1.82, 2.24) is 0 Å². The summed E-state index contributed by atoms with van der Waals surface area (Å²) in [6, 6.07) is 29.7. The molecule has 0 unspecified atom stereocenters. The zero-order valence-electron chi connectivity index (χ0n) is 61.7. The van der Waals surface area contributed by atoms with Gasteiger partial charge in [-0.1, -0.05) is 307 Å².